The number of hydrogen-bond acceptors (Lipinski definition) is 5. The number of carbonyl (C=O) groups is 1. The molecule has 0 saturated carbocycles. The molecule has 146 valence electrons. The third-order valence-electron chi connectivity index (χ3n) is 4.53. The Kier molecular flexibility index (Phi) is 5.11. The molecule has 0 atom stereocenters. The second-order valence-electron chi connectivity index (χ2n) is 6.38. The molecule has 0 aliphatic carbocycles. The fourth-order valence-electron chi connectivity index (χ4n) is 3.02. The van der Waals surface area contributed by atoms with Crippen molar-refractivity contribution in [3.05, 3.63) is 78.1 Å². The molecule has 2 aromatic carbocycles. The van der Waals surface area contributed by atoms with E-state index >= 15 is 0 Å². The van der Waals surface area contributed by atoms with Crippen molar-refractivity contribution in [2.24, 2.45) is 0 Å². The van der Waals surface area contributed by atoms with E-state index in [1.807, 2.05) is 54.6 Å². The predicted octanol–water partition coefficient (Wildman–Crippen LogP) is 3.34. The second kappa shape index (κ2) is 8.02. The first kappa shape index (κ1) is 18.5. The molecule has 0 unspecified atom stereocenters. The van der Waals surface area contributed by atoms with Gasteiger partial charge >= 0.3 is 0 Å². The van der Waals surface area contributed by atoms with Crippen LogP contribution in [-0.2, 0) is 6.54 Å². The van der Waals surface area contributed by atoms with Crippen molar-refractivity contribution in [1.29, 1.82) is 0 Å². The highest BCUT2D eigenvalue weighted by Gasteiger charge is 2.13. The fraction of sp³-hybridized carbons (Fsp3) is 0.136. The normalized spacial score (nSPS) is 10.7. The summed E-state index contributed by atoms with van der Waals surface area (Å²) in [5.41, 5.74) is 3.55. The minimum atomic E-state index is -0.244. The van der Waals surface area contributed by atoms with E-state index in [9.17, 15) is 4.79 Å². The van der Waals surface area contributed by atoms with E-state index in [1.54, 1.807) is 31.0 Å². The Balaban J connectivity index is 1.57. The SMILES string of the molecule is COc1ccc(-c2ccn3nc(C(=O)NCc4ccccc4)cc3n2)cc1OC. The summed E-state index contributed by atoms with van der Waals surface area (Å²) in [6.07, 6.45) is 1.78. The van der Waals surface area contributed by atoms with Gasteiger partial charge in [-0.2, -0.15) is 5.10 Å². The molecule has 2 heterocycles. The standard InChI is InChI=1S/C22H20N4O3/c1-28-19-9-8-16(12-20(19)29-2)17-10-11-26-21(24-17)13-18(25-26)22(27)23-14-15-6-4-3-5-7-15/h3-13H,14H2,1-2H3,(H,23,27). The number of fused-ring (bicyclic) bond motifs is 1. The van der Waals surface area contributed by atoms with Crippen LogP contribution in [0.15, 0.2) is 66.9 Å². The zero-order valence-corrected chi connectivity index (χ0v) is 16.1. The average Bonchev–Trinajstić information content (AvgIpc) is 3.21. The lowest BCUT2D eigenvalue weighted by Gasteiger charge is -2.09. The van der Waals surface area contributed by atoms with Gasteiger partial charge in [-0.15, -0.1) is 0 Å². The van der Waals surface area contributed by atoms with Crippen LogP contribution >= 0.6 is 0 Å². The van der Waals surface area contributed by atoms with E-state index in [-0.39, 0.29) is 5.91 Å². The summed E-state index contributed by atoms with van der Waals surface area (Å²) >= 11 is 0. The van der Waals surface area contributed by atoms with Crippen molar-refractivity contribution in [3.8, 4) is 22.8 Å². The van der Waals surface area contributed by atoms with Gasteiger partial charge in [0, 0.05) is 24.4 Å². The maximum Gasteiger partial charge on any atom is 0.272 e. The highest BCUT2D eigenvalue weighted by atomic mass is 16.5. The minimum Gasteiger partial charge on any atom is -0.493 e. The van der Waals surface area contributed by atoms with Gasteiger partial charge in [-0.05, 0) is 29.8 Å². The molecular formula is C22H20N4O3. The van der Waals surface area contributed by atoms with Crippen LogP contribution in [0, 0.1) is 0 Å². The summed E-state index contributed by atoms with van der Waals surface area (Å²) in [6, 6.07) is 18.8. The predicted molar refractivity (Wildman–Crippen MR) is 109 cm³/mol. The number of hydrogen-bond donors (Lipinski definition) is 1. The van der Waals surface area contributed by atoms with Crippen LogP contribution in [0.3, 0.4) is 0 Å². The van der Waals surface area contributed by atoms with Crippen molar-refractivity contribution in [2.75, 3.05) is 14.2 Å². The van der Waals surface area contributed by atoms with Gasteiger partial charge in [0.1, 0.15) is 0 Å². The van der Waals surface area contributed by atoms with Crippen LogP contribution in [0.25, 0.3) is 16.9 Å². The van der Waals surface area contributed by atoms with Crippen LogP contribution in [0.5, 0.6) is 11.5 Å². The van der Waals surface area contributed by atoms with E-state index < -0.39 is 0 Å². The number of carbonyl (C=O) groups excluding carboxylic acids is 1. The Bertz CT molecular complexity index is 1160. The number of nitrogens with zero attached hydrogens (tertiary/aromatic N) is 3. The van der Waals surface area contributed by atoms with Gasteiger partial charge in [-0.3, -0.25) is 4.79 Å². The number of nitrogens with one attached hydrogen (secondary N) is 1. The fourth-order valence-corrected chi connectivity index (χ4v) is 3.02. The van der Waals surface area contributed by atoms with Gasteiger partial charge in [-0.1, -0.05) is 30.3 Å². The lowest BCUT2D eigenvalue weighted by atomic mass is 10.1. The topological polar surface area (TPSA) is 77.8 Å². The zero-order chi connectivity index (χ0) is 20.2. The molecule has 0 aliphatic heterocycles. The molecule has 7 heteroatoms. The monoisotopic (exact) mass is 388 g/mol. The number of rotatable bonds is 6. The third-order valence-corrected chi connectivity index (χ3v) is 4.53. The molecule has 0 aliphatic rings. The first-order valence-electron chi connectivity index (χ1n) is 9.09. The molecule has 0 saturated heterocycles. The van der Waals surface area contributed by atoms with Gasteiger partial charge in [0.25, 0.3) is 5.91 Å². The highest BCUT2D eigenvalue weighted by Crippen LogP contribution is 2.31. The molecule has 4 rings (SSSR count). The summed E-state index contributed by atoms with van der Waals surface area (Å²) in [6.45, 7) is 0.442. The Morgan fingerprint density at radius 3 is 2.55 bits per heavy atom. The molecule has 29 heavy (non-hydrogen) atoms. The quantitative estimate of drug-likeness (QED) is 0.548. The van der Waals surface area contributed by atoms with Gasteiger partial charge < -0.3 is 14.8 Å². The Morgan fingerprint density at radius 1 is 1.00 bits per heavy atom. The number of amides is 1. The van der Waals surface area contributed by atoms with Gasteiger partial charge in [0.05, 0.1) is 19.9 Å². The molecule has 4 aromatic rings. The Morgan fingerprint density at radius 2 is 1.79 bits per heavy atom. The maximum atomic E-state index is 12.5. The third kappa shape index (κ3) is 3.89. The van der Waals surface area contributed by atoms with Crippen molar-refractivity contribution in [1.82, 2.24) is 19.9 Å². The molecule has 0 spiro atoms. The number of ether oxygens (including phenoxy) is 2. The number of methoxy groups -OCH3 is 2. The number of benzene rings is 2. The van der Waals surface area contributed by atoms with Crippen LogP contribution in [0.1, 0.15) is 16.1 Å². The van der Waals surface area contributed by atoms with Gasteiger partial charge in [0.2, 0.25) is 0 Å². The molecule has 7 nitrogen and oxygen atoms in total. The molecular weight excluding hydrogens is 368 g/mol. The zero-order valence-electron chi connectivity index (χ0n) is 16.1. The van der Waals surface area contributed by atoms with Crippen LogP contribution in [0.4, 0.5) is 0 Å². The minimum absolute atomic E-state index is 0.244. The molecule has 0 bridgehead atoms. The van der Waals surface area contributed by atoms with Crippen LogP contribution < -0.4 is 14.8 Å². The van der Waals surface area contributed by atoms with Crippen molar-refractivity contribution < 1.29 is 14.3 Å². The smallest absolute Gasteiger partial charge is 0.272 e. The first-order valence-corrected chi connectivity index (χ1v) is 9.09. The molecule has 0 radical (unpaired) electrons. The molecule has 1 amide bonds. The largest absolute Gasteiger partial charge is 0.493 e. The summed E-state index contributed by atoms with van der Waals surface area (Å²) in [5.74, 6) is 1.03. The van der Waals surface area contributed by atoms with Gasteiger partial charge in [-0.25, -0.2) is 9.50 Å². The van der Waals surface area contributed by atoms with Crippen LogP contribution in [0.2, 0.25) is 0 Å². The van der Waals surface area contributed by atoms with Crippen molar-refractivity contribution in [3.63, 3.8) is 0 Å². The number of aromatic nitrogens is 3. The summed E-state index contributed by atoms with van der Waals surface area (Å²) in [5, 5.41) is 7.20. The Hall–Kier alpha value is -3.87. The maximum absolute atomic E-state index is 12.5. The summed E-state index contributed by atoms with van der Waals surface area (Å²) < 4.78 is 12.2. The van der Waals surface area contributed by atoms with E-state index in [1.165, 1.54) is 0 Å². The van der Waals surface area contributed by atoms with Gasteiger partial charge in [0.15, 0.2) is 22.8 Å². The molecule has 0 fully saturated rings. The molecule has 1 N–H and O–H groups in total. The lowest BCUT2D eigenvalue weighted by molar-refractivity contribution is 0.0945. The van der Waals surface area contributed by atoms with E-state index in [0.29, 0.717) is 29.4 Å². The van der Waals surface area contributed by atoms with Crippen molar-refractivity contribution >= 4 is 11.6 Å². The van der Waals surface area contributed by atoms with E-state index in [4.69, 9.17) is 9.47 Å². The van der Waals surface area contributed by atoms with E-state index in [2.05, 4.69) is 15.4 Å². The van der Waals surface area contributed by atoms with E-state index in [0.717, 1.165) is 16.8 Å². The van der Waals surface area contributed by atoms with Crippen LogP contribution in [-0.4, -0.2) is 34.7 Å². The van der Waals surface area contributed by atoms with Crippen molar-refractivity contribution in [2.45, 2.75) is 6.54 Å². The molecule has 2 aromatic heterocycles. The Labute approximate surface area is 167 Å². The lowest BCUT2D eigenvalue weighted by Crippen LogP contribution is -2.23. The summed E-state index contributed by atoms with van der Waals surface area (Å²) in [7, 11) is 3.19. The average molecular weight is 388 g/mol. The summed E-state index contributed by atoms with van der Waals surface area (Å²) in [4.78, 5) is 17.1. The second-order valence-corrected chi connectivity index (χ2v) is 6.38. The first-order chi connectivity index (χ1) is 14.2. The highest BCUT2D eigenvalue weighted by molar-refractivity contribution is 5.93.